The average Bonchev–Trinajstić information content (AvgIpc) is 3.09. The molecular weight excluding hydrogens is 208 g/mol. The second kappa shape index (κ2) is 5.11. The number of nitrogens with zero attached hydrogens (tertiary/aromatic N) is 1. The summed E-state index contributed by atoms with van der Waals surface area (Å²) in [5.74, 6) is 0.985. The molecule has 2 saturated carbocycles. The molecule has 3 rings (SSSR count). The van der Waals surface area contributed by atoms with E-state index in [1.54, 1.807) is 0 Å². The Balaban J connectivity index is 1.52. The molecule has 0 radical (unpaired) electrons. The van der Waals surface area contributed by atoms with Crippen molar-refractivity contribution < 1.29 is 0 Å². The Kier molecular flexibility index (Phi) is 3.53. The van der Waals surface area contributed by atoms with Crippen molar-refractivity contribution in [3.8, 4) is 0 Å². The lowest BCUT2D eigenvalue weighted by molar-refractivity contribution is 0.260. The number of hydrogen-bond acceptors (Lipinski definition) is 2. The van der Waals surface area contributed by atoms with Crippen LogP contribution < -0.4 is 5.32 Å². The van der Waals surface area contributed by atoms with E-state index in [9.17, 15) is 0 Å². The van der Waals surface area contributed by atoms with Crippen molar-refractivity contribution in [1.29, 1.82) is 0 Å². The van der Waals surface area contributed by atoms with Crippen molar-refractivity contribution >= 4 is 0 Å². The zero-order valence-corrected chi connectivity index (χ0v) is 10.9. The third kappa shape index (κ3) is 2.74. The van der Waals surface area contributed by atoms with Gasteiger partial charge in [-0.15, -0.1) is 6.58 Å². The molecule has 0 amide bonds. The normalized spacial score (nSPS) is 37.1. The van der Waals surface area contributed by atoms with Gasteiger partial charge in [-0.1, -0.05) is 18.9 Å². The van der Waals surface area contributed by atoms with Crippen LogP contribution in [-0.2, 0) is 0 Å². The molecular formula is C15H26N2. The van der Waals surface area contributed by atoms with Crippen LogP contribution in [0.1, 0.15) is 44.9 Å². The Morgan fingerprint density at radius 1 is 1.18 bits per heavy atom. The molecule has 0 bridgehead atoms. The molecule has 1 N–H and O–H groups in total. The molecule has 1 saturated heterocycles. The summed E-state index contributed by atoms with van der Waals surface area (Å²) in [5.41, 5.74) is 0. The molecule has 3 aliphatic rings. The lowest BCUT2D eigenvalue weighted by Crippen LogP contribution is -2.41. The zero-order chi connectivity index (χ0) is 11.7. The van der Waals surface area contributed by atoms with E-state index in [4.69, 9.17) is 0 Å². The first-order chi connectivity index (χ1) is 8.36. The van der Waals surface area contributed by atoms with Crippen molar-refractivity contribution in [3.63, 3.8) is 0 Å². The van der Waals surface area contributed by atoms with E-state index < -0.39 is 0 Å². The molecule has 3 atom stereocenters. The first-order valence-electron chi connectivity index (χ1n) is 7.48. The maximum Gasteiger partial charge on any atom is 0.0201 e. The molecule has 1 aliphatic heterocycles. The summed E-state index contributed by atoms with van der Waals surface area (Å²) in [4.78, 5) is 2.64. The predicted octanol–water partition coefficient (Wildman–Crippen LogP) is 2.56. The van der Waals surface area contributed by atoms with E-state index in [-0.39, 0.29) is 0 Å². The monoisotopic (exact) mass is 234 g/mol. The summed E-state index contributed by atoms with van der Waals surface area (Å²) >= 11 is 0. The van der Waals surface area contributed by atoms with Crippen LogP contribution in [0.3, 0.4) is 0 Å². The van der Waals surface area contributed by atoms with Crippen LogP contribution >= 0.6 is 0 Å². The van der Waals surface area contributed by atoms with Gasteiger partial charge < -0.3 is 5.32 Å². The molecule has 17 heavy (non-hydrogen) atoms. The van der Waals surface area contributed by atoms with E-state index in [0.29, 0.717) is 0 Å². The van der Waals surface area contributed by atoms with Gasteiger partial charge in [-0.05, 0) is 38.0 Å². The van der Waals surface area contributed by atoms with E-state index >= 15 is 0 Å². The second-order valence-corrected chi connectivity index (χ2v) is 6.22. The highest BCUT2D eigenvalue weighted by Crippen LogP contribution is 2.34. The fraction of sp³-hybridized carbons (Fsp3) is 0.867. The molecule has 96 valence electrons. The average molecular weight is 234 g/mol. The highest BCUT2D eigenvalue weighted by Gasteiger charge is 2.37. The van der Waals surface area contributed by atoms with Gasteiger partial charge >= 0.3 is 0 Å². The SMILES string of the molecule is C=CCN(CC1CC2CCCCC2N1)C1CC1. The van der Waals surface area contributed by atoms with Crippen LogP contribution in [0.15, 0.2) is 12.7 Å². The van der Waals surface area contributed by atoms with Crippen LogP contribution in [0, 0.1) is 5.92 Å². The van der Waals surface area contributed by atoms with Crippen molar-refractivity contribution in [2.24, 2.45) is 5.92 Å². The van der Waals surface area contributed by atoms with Crippen molar-refractivity contribution in [2.45, 2.75) is 63.1 Å². The molecule has 2 aliphatic carbocycles. The lowest BCUT2D eigenvalue weighted by atomic mass is 9.85. The largest absolute Gasteiger partial charge is 0.310 e. The van der Waals surface area contributed by atoms with Gasteiger partial charge in [-0.2, -0.15) is 0 Å². The number of rotatable bonds is 5. The minimum Gasteiger partial charge on any atom is -0.310 e. The maximum absolute atomic E-state index is 3.90. The Labute approximate surface area is 105 Å². The first-order valence-corrected chi connectivity index (χ1v) is 7.48. The van der Waals surface area contributed by atoms with E-state index in [1.165, 1.54) is 51.5 Å². The minimum atomic E-state index is 0.753. The topological polar surface area (TPSA) is 15.3 Å². The molecule has 1 heterocycles. The fourth-order valence-electron chi connectivity index (χ4n) is 3.83. The second-order valence-electron chi connectivity index (χ2n) is 6.22. The van der Waals surface area contributed by atoms with Gasteiger partial charge in [0.15, 0.2) is 0 Å². The summed E-state index contributed by atoms with van der Waals surface area (Å²) in [6, 6.07) is 2.47. The molecule has 3 unspecified atom stereocenters. The van der Waals surface area contributed by atoms with Gasteiger partial charge in [0.1, 0.15) is 0 Å². The van der Waals surface area contributed by atoms with Crippen LogP contribution in [0.25, 0.3) is 0 Å². The highest BCUT2D eigenvalue weighted by atomic mass is 15.2. The van der Waals surface area contributed by atoms with Gasteiger partial charge in [-0.25, -0.2) is 0 Å². The molecule has 0 aromatic carbocycles. The van der Waals surface area contributed by atoms with Crippen molar-refractivity contribution in [2.75, 3.05) is 13.1 Å². The summed E-state index contributed by atoms with van der Waals surface area (Å²) in [6.07, 6.45) is 12.1. The molecule has 0 spiro atoms. The summed E-state index contributed by atoms with van der Waals surface area (Å²) in [5, 5.41) is 3.89. The Bertz CT molecular complexity index is 258. The lowest BCUT2D eigenvalue weighted by Gasteiger charge is -2.25. The summed E-state index contributed by atoms with van der Waals surface area (Å²) in [6.45, 7) is 6.23. The van der Waals surface area contributed by atoms with Gasteiger partial charge in [0.25, 0.3) is 0 Å². The smallest absolute Gasteiger partial charge is 0.0201 e. The maximum atomic E-state index is 3.90. The zero-order valence-electron chi connectivity index (χ0n) is 10.9. The number of fused-ring (bicyclic) bond motifs is 1. The Hall–Kier alpha value is -0.340. The van der Waals surface area contributed by atoms with Gasteiger partial charge in [0.05, 0.1) is 0 Å². The van der Waals surface area contributed by atoms with Gasteiger partial charge in [-0.3, -0.25) is 4.90 Å². The standard InChI is InChI=1S/C15H26N2/c1-2-9-17(14-7-8-14)11-13-10-12-5-3-4-6-15(12)16-13/h2,12-16H,1,3-11H2. The van der Waals surface area contributed by atoms with E-state index in [1.807, 2.05) is 0 Å². The Morgan fingerprint density at radius 3 is 2.71 bits per heavy atom. The molecule has 2 nitrogen and oxygen atoms in total. The highest BCUT2D eigenvalue weighted by molar-refractivity contribution is 4.97. The van der Waals surface area contributed by atoms with Crippen molar-refractivity contribution in [3.05, 3.63) is 12.7 Å². The fourth-order valence-corrected chi connectivity index (χ4v) is 3.83. The number of hydrogen-bond donors (Lipinski definition) is 1. The van der Waals surface area contributed by atoms with E-state index in [2.05, 4.69) is 22.9 Å². The van der Waals surface area contributed by atoms with Crippen LogP contribution in [0.4, 0.5) is 0 Å². The first kappa shape index (κ1) is 11.7. The van der Waals surface area contributed by atoms with Crippen molar-refractivity contribution in [1.82, 2.24) is 10.2 Å². The van der Waals surface area contributed by atoms with Crippen LogP contribution in [-0.4, -0.2) is 36.1 Å². The third-order valence-corrected chi connectivity index (χ3v) is 4.83. The molecule has 0 aromatic rings. The Morgan fingerprint density at radius 2 is 2.00 bits per heavy atom. The molecule has 3 fully saturated rings. The predicted molar refractivity (Wildman–Crippen MR) is 72.1 cm³/mol. The van der Waals surface area contributed by atoms with Crippen LogP contribution in [0.5, 0.6) is 0 Å². The van der Waals surface area contributed by atoms with Gasteiger partial charge in [0, 0.05) is 31.2 Å². The number of nitrogens with one attached hydrogen (secondary N) is 1. The molecule has 2 heteroatoms. The summed E-state index contributed by atoms with van der Waals surface area (Å²) < 4.78 is 0. The minimum absolute atomic E-state index is 0.753. The van der Waals surface area contributed by atoms with Gasteiger partial charge in [0.2, 0.25) is 0 Å². The third-order valence-electron chi connectivity index (χ3n) is 4.83. The van der Waals surface area contributed by atoms with E-state index in [0.717, 1.165) is 30.6 Å². The quantitative estimate of drug-likeness (QED) is 0.736. The van der Waals surface area contributed by atoms with Crippen LogP contribution in [0.2, 0.25) is 0 Å². The summed E-state index contributed by atoms with van der Waals surface area (Å²) in [7, 11) is 0. The molecule has 0 aromatic heterocycles.